The molecular weight excluding hydrogens is 324 g/mol. The molecule has 3 atom stereocenters. The third-order valence-electron chi connectivity index (χ3n) is 2.52. The number of rotatable bonds is 8. The fourth-order valence-corrected chi connectivity index (χ4v) is 3.21. The van der Waals surface area contributed by atoms with E-state index < -0.39 is 15.6 Å². The average molecular weight is 345 g/mol. The van der Waals surface area contributed by atoms with E-state index in [2.05, 4.69) is 14.3 Å². The molecule has 1 heterocycles. The van der Waals surface area contributed by atoms with Gasteiger partial charge in [-0.15, -0.1) is 0 Å². The zero-order valence-electron chi connectivity index (χ0n) is 11.7. The van der Waals surface area contributed by atoms with Crippen molar-refractivity contribution >= 4 is 15.6 Å². The largest absolute Gasteiger partial charge is 0.480 e. The molecule has 21 heavy (non-hydrogen) atoms. The van der Waals surface area contributed by atoms with Gasteiger partial charge in [-0.2, -0.15) is 4.31 Å². The molecule has 124 valence electrons. The molecule has 0 aliphatic carbocycles. The van der Waals surface area contributed by atoms with Gasteiger partial charge >= 0.3 is 15.6 Å². The number of ether oxygens (including phenoxy) is 2. The molecule has 1 aliphatic rings. The Morgan fingerprint density at radius 1 is 1.43 bits per heavy atom. The second-order valence-electron chi connectivity index (χ2n) is 4.57. The van der Waals surface area contributed by atoms with E-state index >= 15 is 0 Å². The minimum atomic E-state index is -4.66. The lowest BCUT2D eigenvalue weighted by Crippen LogP contribution is -2.22. The Balaban J connectivity index is 2.28. The van der Waals surface area contributed by atoms with Gasteiger partial charge in [-0.3, -0.25) is 4.52 Å². The Labute approximate surface area is 123 Å². The molecule has 1 rings (SSSR count). The normalized spacial score (nSPS) is 26.1. The van der Waals surface area contributed by atoms with Crippen molar-refractivity contribution in [2.24, 2.45) is 5.50 Å². The fourth-order valence-electron chi connectivity index (χ4n) is 1.57. The highest BCUT2D eigenvalue weighted by Crippen LogP contribution is 2.55. The van der Waals surface area contributed by atoms with E-state index in [0.717, 1.165) is 24.8 Å². The van der Waals surface area contributed by atoms with Crippen molar-refractivity contribution in [3.8, 4) is 0 Å². The summed E-state index contributed by atoms with van der Waals surface area (Å²) in [5, 5.41) is 0. The number of hydrogen-bond acceptors (Lipinski definition) is 6. The zero-order valence-corrected chi connectivity index (χ0v) is 13.5. The predicted octanol–water partition coefficient (Wildman–Crippen LogP) is 1.67. The SMILES string of the molecule is C/C(=C\COP(=O)(O)OP(N)(=O)O)COC1CCCCO1. The lowest BCUT2D eigenvalue weighted by Gasteiger charge is -2.22. The van der Waals surface area contributed by atoms with Gasteiger partial charge in [0.2, 0.25) is 0 Å². The minimum absolute atomic E-state index is 0.229. The van der Waals surface area contributed by atoms with Crippen LogP contribution in [-0.2, 0) is 27.4 Å². The third kappa shape index (κ3) is 9.52. The van der Waals surface area contributed by atoms with Crippen molar-refractivity contribution in [1.29, 1.82) is 0 Å². The summed E-state index contributed by atoms with van der Waals surface area (Å²) in [4.78, 5) is 17.8. The summed E-state index contributed by atoms with van der Waals surface area (Å²) in [6.07, 6.45) is 4.19. The first kappa shape index (κ1) is 19.0. The van der Waals surface area contributed by atoms with Crippen LogP contribution in [0.3, 0.4) is 0 Å². The number of phosphoric acid groups is 1. The van der Waals surface area contributed by atoms with E-state index in [1.807, 2.05) is 0 Å². The molecule has 0 radical (unpaired) electrons. The standard InChI is InChI=1S/C10H21NO8P2/c1-9(8-17-10-4-2-3-6-16-10)5-7-18-21(14,15)19-20(11,12)13/h5,10H,2-4,6-8H2,1H3,(H,14,15)(H3,11,12,13)/b9-5+. The number of hydrogen-bond donors (Lipinski definition) is 3. The summed E-state index contributed by atoms with van der Waals surface area (Å²) >= 11 is 0. The van der Waals surface area contributed by atoms with Gasteiger partial charge < -0.3 is 19.3 Å². The first-order valence-electron chi connectivity index (χ1n) is 6.37. The van der Waals surface area contributed by atoms with E-state index in [4.69, 9.17) is 19.3 Å². The first-order chi connectivity index (χ1) is 9.68. The molecule has 1 saturated heterocycles. The topological polar surface area (TPSA) is 138 Å². The maximum atomic E-state index is 11.2. The second kappa shape index (κ2) is 8.53. The molecule has 4 N–H and O–H groups in total. The van der Waals surface area contributed by atoms with E-state index in [9.17, 15) is 9.13 Å². The zero-order chi connectivity index (χ0) is 15.9. The van der Waals surface area contributed by atoms with Crippen LogP contribution >= 0.6 is 15.6 Å². The summed E-state index contributed by atoms with van der Waals surface area (Å²) in [7, 11) is -9.25. The van der Waals surface area contributed by atoms with Gasteiger partial charge in [0.1, 0.15) is 0 Å². The minimum Gasteiger partial charge on any atom is -0.353 e. The Hall–Kier alpha value is -0.0800. The van der Waals surface area contributed by atoms with Crippen molar-refractivity contribution in [3.05, 3.63) is 11.6 Å². The molecule has 3 unspecified atom stereocenters. The maximum absolute atomic E-state index is 11.2. The average Bonchev–Trinajstić information content (AvgIpc) is 2.34. The van der Waals surface area contributed by atoms with Crippen LogP contribution in [0.5, 0.6) is 0 Å². The predicted molar refractivity (Wildman–Crippen MR) is 74.2 cm³/mol. The summed E-state index contributed by atoms with van der Waals surface area (Å²) in [6, 6.07) is 0. The Morgan fingerprint density at radius 2 is 2.14 bits per heavy atom. The fraction of sp³-hybridized carbons (Fsp3) is 0.800. The summed E-state index contributed by atoms with van der Waals surface area (Å²) in [6.45, 7) is 2.44. The molecule has 11 heteroatoms. The van der Waals surface area contributed by atoms with Crippen molar-refractivity contribution < 1.29 is 37.2 Å². The molecule has 0 bridgehead atoms. The van der Waals surface area contributed by atoms with Gasteiger partial charge in [-0.1, -0.05) is 6.08 Å². The molecule has 0 aromatic heterocycles. The van der Waals surface area contributed by atoms with Gasteiger partial charge in [0.05, 0.1) is 13.2 Å². The molecular formula is C10H21NO8P2. The Bertz CT molecular complexity index is 442. The van der Waals surface area contributed by atoms with Crippen LogP contribution in [0.2, 0.25) is 0 Å². The van der Waals surface area contributed by atoms with E-state index in [0.29, 0.717) is 13.2 Å². The number of nitrogens with two attached hydrogens (primary N) is 1. The van der Waals surface area contributed by atoms with Crippen LogP contribution in [0, 0.1) is 0 Å². The van der Waals surface area contributed by atoms with Gasteiger partial charge in [0.25, 0.3) is 0 Å². The Morgan fingerprint density at radius 3 is 2.71 bits per heavy atom. The summed E-state index contributed by atoms with van der Waals surface area (Å²) in [5.74, 6) is 0. The maximum Gasteiger partial charge on any atom is 0.480 e. The van der Waals surface area contributed by atoms with Gasteiger partial charge in [0.15, 0.2) is 6.29 Å². The van der Waals surface area contributed by atoms with Crippen molar-refractivity contribution in [2.75, 3.05) is 19.8 Å². The van der Waals surface area contributed by atoms with E-state index in [1.54, 1.807) is 6.92 Å². The van der Waals surface area contributed by atoms with Crippen LogP contribution in [0.1, 0.15) is 26.2 Å². The highest BCUT2D eigenvalue weighted by Gasteiger charge is 2.30. The lowest BCUT2D eigenvalue weighted by atomic mass is 10.2. The van der Waals surface area contributed by atoms with Crippen LogP contribution in [0.25, 0.3) is 0 Å². The third-order valence-corrected chi connectivity index (χ3v) is 4.76. The van der Waals surface area contributed by atoms with Gasteiger partial charge in [0, 0.05) is 6.61 Å². The number of phosphoric ester groups is 1. The van der Waals surface area contributed by atoms with E-state index in [1.165, 1.54) is 6.08 Å². The molecule has 1 aliphatic heterocycles. The van der Waals surface area contributed by atoms with Crippen molar-refractivity contribution in [1.82, 2.24) is 0 Å². The molecule has 0 amide bonds. The molecule has 9 nitrogen and oxygen atoms in total. The van der Waals surface area contributed by atoms with Crippen molar-refractivity contribution in [2.45, 2.75) is 32.5 Å². The Kier molecular flexibility index (Phi) is 7.70. The highest BCUT2D eigenvalue weighted by molar-refractivity contribution is 7.62. The molecule has 0 aromatic carbocycles. The second-order valence-corrected chi connectivity index (χ2v) is 7.54. The van der Waals surface area contributed by atoms with Crippen LogP contribution in [0.4, 0.5) is 0 Å². The first-order valence-corrected chi connectivity index (χ1v) is 9.51. The van der Waals surface area contributed by atoms with Crippen LogP contribution in [-0.4, -0.2) is 35.9 Å². The summed E-state index contributed by atoms with van der Waals surface area (Å²) < 4.78 is 41.1. The van der Waals surface area contributed by atoms with Gasteiger partial charge in [-0.05, 0) is 31.8 Å². The van der Waals surface area contributed by atoms with E-state index in [-0.39, 0.29) is 12.9 Å². The monoisotopic (exact) mass is 345 g/mol. The molecule has 1 fully saturated rings. The quantitative estimate of drug-likeness (QED) is 0.443. The van der Waals surface area contributed by atoms with Gasteiger partial charge in [-0.25, -0.2) is 14.6 Å². The molecule has 0 spiro atoms. The summed E-state index contributed by atoms with van der Waals surface area (Å²) in [5.41, 5.74) is 5.36. The van der Waals surface area contributed by atoms with Crippen molar-refractivity contribution in [3.63, 3.8) is 0 Å². The van der Waals surface area contributed by atoms with Crippen LogP contribution in [0.15, 0.2) is 11.6 Å². The smallest absolute Gasteiger partial charge is 0.353 e. The molecule has 0 aromatic rings. The molecule has 0 saturated carbocycles. The highest BCUT2D eigenvalue weighted by atomic mass is 31.3. The lowest BCUT2D eigenvalue weighted by molar-refractivity contribution is -0.156. The van der Waals surface area contributed by atoms with Crippen LogP contribution < -0.4 is 5.50 Å².